The zero-order chi connectivity index (χ0) is 16.2. The molecule has 0 radical (unpaired) electrons. The molecule has 23 heavy (non-hydrogen) atoms. The maximum atomic E-state index is 12.2. The molecule has 1 amide bonds. The molecule has 2 aromatic rings. The molecule has 122 valence electrons. The van der Waals surface area contributed by atoms with E-state index in [1.807, 2.05) is 26.0 Å². The van der Waals surface area contributed by atoms with Gasteiger partial charge in [0.15, 0.2) is 0 Å². The Bertz CT molecular complexity index is 672. The summed E-state index contributed by atoms with van der Waals surface area (Å²) in [7, 11) is 0. The van der Waals surface area contributed by atoms with Crippen molar-refractivity contribution in [2.24, 2.45) is 0 Å². The number of nitrogens with zero attached hydrogens (tertiary/aromatic N) is 2. The molecule has 1 aliphatic rings. The molecule has 1 fully saturated rings. The quantitative estimate of drug-likeness (QED) is 0.924. The molecular weight excluding hydrogens is 306 g/mol. The van der Waals surface area contributed by atoms with Crippen LogP contribution in [0.5, 0.6) is 0 Å². The van der Waals surface area contributed by atoms with Gasteiger partial charge < -0.3 is 10.2 Å². The molecule has 0 unspecified atom stereocenters. The molecule has 0 spiro atoms. The van der Waals surface area contributed by atoms with Gasteiger partial charge in [-0.25, -0.2) is 4.98 Å². The lowest BCUT2D eigenvalue weighted by atomic mass is 10.1. The Morgan fingerprint density at radius 1 is 1.17 bits per heavy atom. The van der Waals surface area contributed by atoms with Gasteiger partial charge in [-0.1, -0.05) is 0 Å². The monoisotopic (exact) mass is 329 g/mol. The minimum atomic E-state index is 0.0162. The predicted molar refractivity (Wildman–Crippen MR) is 96.4 cm³/mol. The van der Waals surface area contributed by atoms with Crippen LogP contribution in [0.2, 0.25) is 0 Å². The zero-order valence-corrected chi connectivity index (χ0v) is 14.6. The molecular formula is C18H23N3OS. The summed E-state index contributed by atoms with van der Waals surface area (Å²) in [5.74, 6) is 0.0162. The SMILES string of the molecule is Cc1nc(C)c(CC(=O)Nc2ccc(N3CCCCC3)cc2)s1. The van der Waals surface area contributed by atoms with Gasteiger partial charge in [0.2, 0.25) is 5.91 Å². The van der Waals surface area contributed by atoms with Crippen LogP contribution in [0.15, 0.2) is 24.3 Å². The van der Waals surface area contributed by atoms with Crippen molar-refractivity contribution in [1.29, 1.82) is 0 Å². The molecule has 0 bridgehead atoms. The topological polar surface area (TPSA) is 45.2 Å². The number of aryl methyl sites for hydroxylation is 2. The molecule has 0 atom stereocenters. The van der Waals surface area contributed by atoms with Crippen LogP contribution < -0.4 is 10.2 Å². The van der Waals surface area contributed by atoms with E-state index in [0.29, 0.717) is 6.42 Å². The van der Waals surface area contributed by atoms with E-state index in [4.69, 9.17) is 0 Å². The van der Waals surface area contributed by atoms with Crippen molar-refractivity contribution >= 4 is 28.6 Å². The highest BCUT2D eigenvalue weighted by atomic mass is 32.1. The summed E-state index contributed by atoms with van der Waals surface area (Å²) >= 11 is 1.60. The van der Waals surface area contributed by atoms with Crippen LogP contribution in [-0.4, -0.2) is 24.0 Å². The number of anilines is 2. The second-order valence-corrected chi connectivity index (χ2v) is 7.35. The lowest BCUT2D eigenvalue weighted by Gasteiger charge is -2.28. The standard InChI is InChI=1S/C18H23N3OS/c1-13-17(23-14(2)19-13)12-18(22)20-15-6-8-16(9-7-15)21-10-4-3-5-11-21/h6-9H,3-5,10-12H2,1-2H3,(H,20,22). The van der Waals surface area contributed by atoms with Crippen LogP contribution in [0.1, 0.15) is 34.8 Å². The molecule has 1 aromatic carbocycles. The van der Waals surface area contributed by atoms with E-state index in [2.05, 4.69) is 27.3 Å². The first-order valence-corrected chi connectivity index (χ1v) is 9.01. The van der Waals surface area contributed by atoms with E-state index in [1.54, 1.807) is 11.3 Å². The van der Waals surface area contributed by atoms with Gasteiger partial charge in [0, 0.05) is 29.3 Å². The van der Waals surface area contributed by atoms with E-state index in [9.17, 15) is 4.79 Å². The van der Waals surface area contributed by atoms with Gasteiger partial charge in [-0.3, -0.25) is 4.79 Å². The number of nitrogens with one attached hydrogen (secondary N) is 1. The second-order valence-electron chi connectivity index (χ2n) is 6.06. The summed E-state index contributed by atoms with van der Waals surface area (Å²) in [6.45, 7) is 6.20. The van der Waals surface area contributed by atoms with Gasteiger partial charge in [-0.2, -0.15) is 0 Å². The highest BCUT2D eigenvalue weighted by Gasteiger charge is 2.12. The van der Waals surface area contributed by atoms with Crippen molar-refractivity contribution in [3.63, 3.8) is 0 Å². The number of rotatable bonds is 4. The number of thiazole rings is 1. The Balaban J connectivity index is 1.59. The summed E-state index contributed by atoms with van der Waals surface area (Å²) in [4.78, 5) is 20.0. The van der Waals surface area contributed by atoms with Crippen LogP contribution in [0, 0.1) is 13.8 Å². The third kappa shape index (κ3) is 4.10. The highest BCUT2D eigenvalue weighted by Crippen LogP contribution is 2.22. The summed E-state index contributed by atoms with van der Waals surface area (Å²) in [6, 6.07) is 8.19. The number of benzene rings is 1. The van der Waals surface area contributed by atoms with Crippen LogP contribution in [0.25, 0.3) is 0 Å². The minimum absolute atomic E-state index is 0.0162. The lowest BCUT2D eigenvalue weighted by Crippen LogP contribution is -2.29. The largest absolute Gasteiger partial charge is 0.372 e. The Labute approximate surface area is 141 Å². The molecule has 4 nitrogen and oxygen atoms in total. The van der Waals surface area contributed by atoms with Crippen LogP contribution in [-0.2, 0) is 11.2 Å². The number of carbonyl (C=O) groups is 1. The molecule has 1 saturated heterocycles. The fraction of sp³-hybridized carbons (Fsp3) is 0.444. The second kappa shape index (κ2) is 7.13. The van der Waals surface area contributed by atoms with Gasteiger partial charge in [-0.05, 0) is 57.4 Å². The van der Waals surface area contributed by atoms with E-state index >= 15 is 0 Å². The first-order valence-electron chi connectivity index (χ1n) is 8.19. The Kier molecular flexibility index (Phi) is 4.96. The molecule has 0 saturated carbocycles. The number of hydrogen-bond acceptors (Lipinski definition) is 4. The normalized spacial score (nSPS) is 14.8. The van der Waals surface area contributed by atoms with Crippen molar-refractivity contribution in [1.82, 2.24) is 4.98 Å². The van der Waals surface area contributed by atoms with Crippen molar-refractivity contribution in [3.05, 3.63) is 39.8 Å². The van der Waals surface area contributed by atoms with Gasteiger partial charge in [0.25, 0.3) is 0 Å². The van der Waals surface area contributed by atoms with Crippen molar-refractivity contribution in [2.75, 3.05) is 23.3 Å². The molecule has 1 aromatic heterocycles. The van der Waals surface area contributed by atoms with E-state index in [0.717, 1.165) is 34.4 Å². The summed E-state index contributed by atoms with van der Waals surface area (Å²) in [5.41, 5.74) is 3.06. The molecule has 2 heterocycles. The van der Waals surface area contributed by atoms with Gasteiger partial charge in [0.05, 0.1) is 17.1 Å². The average Bonchev–Trinajstić information content (AvgIpc) is 2.86. The van der Waals surface area contributed by atoms with Crippen molar-refractivity contribution in [2.45, 2.75) is 39.5 Å². The van der Waals surface area contributed by atoms with Gasteiger partial charge in [-0.15, -0.1) is 11.3 Å². The molecule has 0 aliphatic carbocycles. The van der Waals surface area contributed by atoms with Crippen LogP contribution >= 0.6 is 11.3 Å². The Morgan fingerprint density at radius 3 is 2.48 bits per heavy atom. The fourth-order valence-corrected chi connectivity index (χ4v) is 3.93. The zero-order valence-electron chi connectivity index (χ0n) is 13.8. The third-order valence-corrected chi connectivity index (χ3v) is 5.27. The predicted octanol–water partition coefficient (Wildman–Crippen LogP) is 3.93. The molecule has 1 aliphatic heterocycles. The van der Waals surface area contributed by atoms with Gasteiger partial charge in [0.1, 0.15) is 0 Å². The lowest BCUT2D eigenvalue weighted by molar-refractivity contribution is -0.115. The van der Waals surface area contributed by atoms with Crippen molar-refractivity contribution in [3.8, 4) is 0 Å². The highest BCUT2D eigenvalue weighted by molar-refractivity contribution is 7.11. The van der Waals surface area contributed by atoms with Crippen molar-refractivity contribution < 1.29 is 4.79 Å². The fourth-order valence-electron chi connectivity index (χ4n) is 3.00. The minimum Gasteiger partial charge on any atom is -0.372 e. The van der Waals surface area contributed by atoms with E-state index in [-0.39, 0.29) is 5.91 Å². The first-order chi connectivity index (χ1) is 11.1. The number of piperidine rings is 1. The van der Waals surface area contributed by atoms with E-state index in [1.165, 1.54) is 24.9 Å². The smallest absolute Gasteiger partial charge is 0.229 e. The maximum Gasteiger partial charge on any atom is 0.229 e. The third-order valence-electron chi connectivity index (χ3n) is 4.19. The van der Waals surface area contributed by atoms with Gasteiger partial charge >= 0.3 is 0 Å². The number of carbonyl (C=O) groups excluding carboxylic acids is 1. The Hall–Kier alpha value is -1.88. The number of aromatic nitrogens is 1. The summed E-state index contributed by atoms with van der Waals surface area (Å²) in [6.07, 6.45) is 4.27. The number of amides is 1. The maximum absolute atomic E-state index is 12.2. The van der Waals surface area contributed by atoms with Crippen LogP contribution in [0.4, 0.5) is 11.4 Å². The molecule has 3 rings (SSSR count). The summed E-state index contributed by atoms with van der Waals surface area (Å²) in [5, 5.41) is 3.99. The van der Waals surface area contributed by atoms with E-state index < -0.39 is 0 Å². The first kappa shape index (κ1) is 16.0. The molecule has 1 N–H and O–H groups in total. The molecule has 5 heteroatoms. The van der Waals surface area contributed by atoms with Crippen LogP contribution in [0.3, 0.4) is 0 Å². The number of hydrogen-bond donors (Lipinski definition) is 1. The summed E-state index contributed by atoms with van der Waals surface area (Å²) < 4.78 is 0. The Morgan fingerprint density at radius 2 is 1.87 bits per heavy atom. The average molecular weight is 329 g/mol.